The summed E-state index contributed by atoms with van der Waals surface area (Å²) in [5.74, 6) is 0.643. The number of hydrogen-bond acceptors (Lipinski definition) is 5. The maximum Gasteiger partial charge on any atom is 0.238 e. The number of hydrogen-bond donors (Lipinski definition) is 1. The van der Waals surface area contributed by atoms with Gasteiger partial charge in [-0.2, -0.15) is 0 Å². The number of furan rings is 1. The van der Waals surface area contributed by atoms with Crippen LogP contribution in [0.15, 0.2) is 76.6 Å². The van der Waals surface area contributed by atoms with Crippen LogP contribution in [0.1, 0.15) is 11.5 Å². The lowest BCUT2D eigenvalue weighted by Crippen LogP contribution is -2.12. The first kappa shape index (κ1) is 15.5. The van der Waals surface area contributed by atoms with Gasteiger partial charge < -0.3 is 9.73 Å². The van der Waals surface area contributed by atoms with Crippen LogP contribution in [0.5, 0.6) is 0 Å². The molecule has 0 spiro atoms. The molecule has 27 heavy (non-hydrogen) atoms. The quantitative estimate of drug-likeness (QED) is 0.555. The van der Waals surface area contributed by atoms with Crippen LogP contribution >= 0.6 is 0 Å². The van der Waals surface area contributed by atoms with Gasteiger partial charge in [-0.05, 0) is 42.5 Å². The monoisotopic (exact) mass is 354 g/mol. The molecule has 4 aromatic rings. The van der Waals surface area contributed by atoms with E-state index in [1.807, 2.05) is 48.5 Å². The summed E-state index contributed by atoms with van der Waals surface area (Å²) in [4.78, 5) is 25.6. The summed E-state index contributed by atoms with van der Waals surface area (Å²) >= 11 is 0. The maximum atomic E-state index is 12.4. The highest BCUT2D eigenvalue weighted by Gasteiger charge is 2.30. The summed E-state index contributed by atoms with van der Waals surface area (Å²) < 4.78 is 5.43. The van der Waals surface area contributed by atoms with Gasteiger partial charge >= 0.3 is 0 Å². The first-order valence-electron chi connectivity index (χ1n) is 8.51. The molecule has 130 valence electrons. The molecule has 6 heteroatoms. The summed E-state index contributed by atoms with van der Waals surface area (Å²) in [5, 5.41) is 3.81. The summed E-state index contributed by atoms with van der Waals surface area (Å²) in [6.45, 7) is 0. The van der Waals surface area contributed by atoms with Crippen molar-refractivity contribution in [2.75, 3.05) is 5.32 Å². The van der Waals surface area contributed by atoms with E-state index in [1.165, 1.54) is 0 Å². The third kappa shape index (κ3) is 2.77. The molecule has 1 aliphatic heterocycles. The van der Waals surface area contributed by atoms with Gasteiger partial charge in [-0.3, -0.25) is 14.8 Å². The molecule has 0 aliphatic carbocycles. The number of amides is 1. The minimum absolute atomic E-state index is 0.139. The molecule has 0 saturated heterocycles. The molecule has 5 rings (SSSR count). The van der Waals surface area contributed by atoms with Gasteiger partial charge in [0.2, 0.25) is 5.91 Å². The van der Waals surface area contributed by atoms with Gasteiger partial charge in [-0.25, -0.2) is 4.98 Å². The predicted molar refractivity (Wildman–Crippen MR) is 103 cm³/mol. The van der Waals surface area contributed by atoms with Crippen molar-refractivity contribution in [3.05, 3.63) is 72.8 Å². The van der Waals surface area contributed by atoms with E-state index in [4.69, 9.17) is 4.42 Å². The molecule has 1 atom stereocenters. The van der Waals surface area contributed by atoms with Crippen molar-refractivity contribution >= 4 is 34.5 Å². The van der Waals surface area contributed by atoms with Crippen LogP contribution in [-0.2, 0) is 4.79 Å². The molecule has 4 heterocycles. The van der Waals surface area contributed by atoms with Gasteiger partial charge in [0.15, 0.2) is 0 Å². The molecule has 3 aromatic heterocycles. The fourth-order valence-electron chi connectivity index (χ4n) is 3.19. The number of carbonyl (C=O) groups excluding carboxylic acids is 1. The van der Waals surface area contributed by atoms with Gasteiger partial charge in [-0.1, -0.05) is 6.07 Å². The largest absolute Gasteiger partial charge is 0.464 e. The Kier molecular flexibility index (Phi) is 3.53. The molecule has 0 fully saturated rings. The zero-order valence-corrected chi connectivity index (χ0v) is 14.2. The van der Waals surface area contributed by atoms with E-state index in [-0.39, 0.29) is 5.91 Å². The van der Waals surface area contributed by atoms with Crippen LogP contribution in [0.2, 0.25) is 0 Å². The van der Waals surface area contributed by atoms with Crippen LogP contribution in [0, 0.1) is 0 Å². The highest BCUT2D eigenvalue weighted by atomic mass is 16.3. The Labute approximate surface area is 154 Å². The molecule has 0 bridgehead atoms. The Hall–Kier alpha value is -3.80. The Morgan fingerprint density at radius 1 is 1.11 bits per heavy atom. The zero-order valence-electron chi connectivity index (χ0n) is 14.2. The summed E-state index contributed by atoms with van der Waals surface area (Å²) in [6.07, 6.45) is 6.72. The maximum absolute atomic E-state index is 12.4. The first-order valence-corrected chi connectivity index (χ1v) is 8.51. The molecule has 1 unspecified atom stereocenters. The lowest BCUT2D eigenvalue weighted by Gasteiger charge is -2.04. The van der Waals surface area contributed by atoms with Gasteiger partial charge in [0, 0.05) is 35.1 Å². The summed E-state index contributed by atoms with van der Waals surface area (Å²) in [7, 11) is 0. The average molecular weight is 354 g/mol. The third-order valence-corrected chi connectivity index (χ3v) is 4.54. The molecular weight excluding hydrogens is 340 g/mol. The molecule has 1 aromatic carbocycles. The number of aliphatic imine (C=N–C) groups is 1. The summed E-state index contributed by atoms with van der Waals surface area (Å²) in [6, 6.07) is 15.2. The van der Waals surface area contributed by atoms with Crippen LogP contribution in [0.3, 0.4) is 0 Å². The highest BCUT2D eigenvalue weighted by molar-refractivity contribution is 6.12. The van der Waals surface area contributed by atoms with Crippen molar-refractivity contribution in [2.24, 2.45) is 4.99 Å². The van der Waals surface area contributed by atoms with Crippen molar-refractivity contribution in [3.63, 3.8) is 0 Å². The van der Waals surface area contributed by atoms with Gasteiger partial charge in [0.1, 0.15) is 17.5 Å². The van der Waals surface area contributed by atoms with Crippen LogP contribution in [-0.4, -0.2) is 22.1 Å². The van der Waals surface area contributed by atoms with Crippen molar-refractivity contribution in [3.8, 4) is 11.3 Å². The van der Waals surface area contributed by atoms with E-state index in [9.17, 15) is 4.79 Å². The molecule has 1 aliphatic rings. The lowest BCUT2D eigenvalue weighted by atomic mass is 10.0. The number of aromatic nitrogens is 2. The highest BCUT2D eigenvalue weighted by Crippen LogP contribution is 2.33. The van der Waals surface area contributed by atoms with E-state index in [0.717, 1.165) is 27.7 Å². The number of rotatable bonds is 3. The van der Waals surface area contributed by atoms with Crippen molar-refractivity contribution in [1.82, 2.24) is 9.97 Å². The second-order valence-electron chi connectivity index (χ2n) is 6.26. The topological polar surface area (TPSA) is 80.4 Å². The minimum Gasteiger partial charge on any atom is -0.464 e. The number of pyridine rings is 2. The van der Waals surface area contributed by atoms with E-state index in [2.05, 4.69) is 20.3 Å². The molecule has 0 radical (unpaired) electrons. The molecular formula is C21H14N4O2. The lowest BCUT2D eigenvalue weighted by molar-refractivity contribution is -0.115. The SMILES string of the molecule is O=C1Nc2ncc(-c3ccco3)cc2C1C=Nc1ccc2ncccc2c1. The summed E-state index contributed by atoms with van der Waals surface area (Å²) in [5.41, 5.74) is 3.30. The smallest absolute Gasteiger partial charge is 0.238 e. The number of nitrogens with one attached hydrogen (secondary N) is 1. The number of nitrogens with zero attached hydrogens (tertiary/aromatic N) is 3. The standard InChI is InChI=1S/C21H14N4O2/c26-21-17(12-23-15-5-6-18-13(9-15)3-1-7-22-18)16-10-14(11-24-20(16)25-21)19-4-2-8-27-19/h1-12,17H,(H,24,25,26). The van der Waals surface area contributed by atoms with Crippen molar-refractivity contribution in [1.29, 1.82) is 0 Å². The molecule has 6 nitrogen and oxygen atoms in total. The van der Waals surface area contributed by atoms with Crippen LogP contribution in [0.25, 0.3) is 22.2 Å². The number of benzene rings is 1. The van der Waals surface area contributed by atoms with Crippen LogP contribution in [0.4, 0.5) is 11.5 Å². The Morgan fingerprint density at radius 2 is 2.07 bits per heavy atom. The number of anilines is 1. The third-order valence-electron chi connectivity index (χ3n) is 4.54. The van der Waals surface area contributed by atoms with Gasteiger partial charge in [0.05, 0.1) is 17.5 Å². The second kappa shape index (κ2) is 6.17. The fourth-order valence-corrected chi connectivity index (χ4v) is 3.19. The van der Waals surface area contributed by atoms with Crippen molar-refractivity contribution in [2.45, 2.75) is 5.92 Å². The zero-order chi connectivity index (χ0) is 18.2. The van der Waals surface area contributed by atoms with Crippen molar-refractivity contribution < 1.29 is 9.21 Å². The Morgan fingerprint density at radius 3 is 2.96 bits per heavy atom. The first-order chi connectivity index (χ1) is 13.3. The Bertz CT molecular complexity index is 1180. The van der Waals surface area contributed by atoms with Gasteiger partial charge in [0.25, 0.3) is 0 Å². The second-order valence-corrected chi connectivity index (χ2v) is 6.26. The number of carbonyl (C=O) groups is 1. The fraction of sp³-hybridized carbons (Fsp3) is 0.0476. The minimum atomic E-state index is -0.494. The van der Waals surface area contributed by atoms with Gasteiger partial charge in [-0.15, -0.1) is 0 Å². The van der Waals surface area contributed by atoms with E-state index >= 15 is 0 Å². The van der Waals surface area contributed by atoms with E-state index in [1.54, 1.807) is 24.9 Å². The normalized spacial score (nSPS) is 16.0. The molecule has 1 amide bonds. The predicted octanol–water partition coefficient (Wildman–Crippen LogP) is 4.33. The Balaban J connectivity index is 1.49. The number of fused-ring (bicyclic) bond motifs is 2. The molecule has 0 saturated carbocycles. The average Bonchev–Trinajstić information content (AvgIpc) is 3.33. The van der Waals surface area contributed by atoms with E-state index in [0.29, 0.717) is 11.6 Å². The molecule has 1 N–H and O–H groups in total. The van der Waals surface area contributed by atoms with Crippen LogP contribution < -0.4 is 5.32 Å². The van der Waals surface area contributed by atoms with E-state index < -0.39 is 5.92 Å².